The van der Waals surface area contributed by atoms with Crippen LogP contribution in [0.25, 0.3) is 0 Å². The van der Waals surface area contributed by atoms with Crippen LogP contribution < -0.4 is 5.32 Å². The van der Waals surface area contributed by atoms with Crippen LogP contribution in [0.3, 0.4) is 0 Å². The molecule has 1 aromatic heterocycles. The van der Waals surface area contributed by atoms with Crippen molar-refractivity contribution in [3.63, 3.8) is 0 Å². The molecule has 0 unspecified atom stereocenters. The standard InChI is InChI=1S/C15H18FN3O/c1-10-8-13(16)4-5-14(10)17-15(20)6-7-19-12(3)9-11(2)18-19/h4-5,8-9H,6-7H2,1-3H3,(H,17,20). The van der Waals surface area contributed by atoms with Gasteiger partial charge in [0, 0.05) is 24.3 Å². The normalized spacial score (nSPS) is 10.6. The highest BCUT2D eigenvalue weighted by molar-refractivity contribution is 5.91. The Balaban J connectivity index is 1.94. The van der Waals surface area contributed by atoms with Crippen molar-refractivity contribution in [3.05, 3.63) is 47.0 Å². The Morgan fingerprint density at radius 2 is 2.05 bits per heavy atom. The smallest absolute Gasteiger partial charge is 0.226 e. The zero-order chi connectivity index (χ0) is 14.7. The van der Waals surface area contributed by atoms with E-state index in [0.29, 0.717) is 24.2 Å². The van der Waals surface area contributed by atoms with Gasteiger partial charge in [0.25, 0.3) is 0 Å². The van der Waals surface area contributed by atoms with E-state index < -0.39 is 0 Å². The van der Waals surface area contributed by atoms with Crippen molar-refractivity contribution in [1.29, 1.82) is 0 Å². The van der Waals surface area contributed by atoms with Crippen LogP contribution in [0.4, 0.5) is 10.1 Å². The van der Waals surface area contributed by atoms with Crippen LogP contribution in [0, 0.1) is 26.6 Å². The minimum Gasteiger partial charge on any atom is -0.326 e. The third-order valence-corrected chi connectivity index (χ3v) is 3.12. The molecule has 1 amide bonds. The van der Waals surface area contributed by atoms with Gasteiger partial charge in [-0.05, 0) is 50.6 Å². The van der Waals surface area contributed by atoms with Gasteiger partial charge in [-0.15, -0.1) is 0 Å². The molecule has 0 radical (unpaired) electrons. The van der Waals surface area contributed by atoms with E-state index in [1.807, 2.05) is 24.6 Å². The van der Waals surface area contributed by atoms with Crippen molar-refractivity contribution in [2.45, 2.75) is 33.7 Å². The molecule has 0 aliphatic carbocycles. The molecular weight excluding hydrogens is 257 g/mol. The van der Waals surface area contributed by atoms with Crippen molar-refractivity contribution in [2.24, 2.45) is 0 Å². The molecule has 0 bridgehead atoms. The number of nitrogens with one attached hydrogen (secondary N) is 1. The maximum atomic E-state index is 13.0. The molecule has 0 atom stereocenters. The average Bonchev–Trinajstić information content (AvgIpc) is 2.69. The number of rotatable bonds is 4. The Hall–Kier alpha value is -2.17. The topological polar surface area (TPSA) is 46.9 Å². The van der Waals surface area contributed by atoms with E-state index in [9.17, 15) is 9.18 Å². The van der Waals surface area contributed by atoms with Crippen molar-refractivity contribution in [3.8, 4) is 0 Å². The fourth-order valence-electron chi connectivity index (χ4n) is 2.09. The van der Waals surface area contributed by atoms with Crippen LogP contribution in [-0.2, 0) is 11.3 Å². The Bertz CT molecular complexity index is 634. The van der Waals surface area contributed by atoms with Gasteiger partial charge in [-0.25, -0.2) is 4.39 Å². The van der Waals surface area contributed by atoms with E-state index in [2.05, 4.69) is 10.4 Å². The second-order valence-electron chi connectivity index (χ2n) is 4.91. The maximum Gasteiger partial charge on any atom is 0.226 e. The summed E-state index contributed by atoms with van der Waals surface area (Å²) in [6, 6.07) is 6.29. The molecule has 0 aliphatic heterocycles. The third kappa shape index (κ3) is 3.44. The molecule has 0 aliphatic rings. The Labute approximate surface area is 117 Å². The number of carbonyl (C=O) groups excluding carboxylic acids is 1. The van der Waals surface area contributed by atoms with Crippen molar-refractivity contribution in [2.75, 3.05) is 5.32 Å². The lowest BCUT2D eigenvalue weighted by atomic mass is 10.2. The third-order valence-electron chi connectivity index (χ3n) is 3.12. The van der Waals surface area contributed by atoms with E-state index in [4.69, 9.17) is 0 Å². The first kappa shape index (κ1) is 14.2. The van der Waals surface area contributed by atoms with Gasteiger partial charge in [0.2, 0.25) is 5.91 Å². The molecule has 0 saturated heterocycles. The summed E-state index contributed by atoms with van der Waals surface area (Å²) >= 11 is 0. The van der Waals surface area contributed by atoms with Crippen LogP contribution >= 0.6 is 0 Å². The monoisotopic (exact) mass is 275 g/mol. The molecule has 0 saturated carbocycles. The summed E-state index contributed by atoms with van der Waals surface area (Å²) in [5.41, 5.74) is 3.33. The van der Waals surface area contributed by atoms with Crippen LogP contribution in [0.5, 0.6) is 0 Å². The molecule has 0 spiro atoms. The molecule has 5 heteroatoms. The zero-order valence-electron chi connectivity index (χ0n) is 11.9. The van der Waals surface area contributed by atoms with Crippen LogP contribution in [0.15, 0.2) is 24.3 Å². The van der Waals surface area contributed by atoms with Crippen LogP contribution in [0.1, 0.15) is 23.4 Å². The van der Waals surface area contributed by atoms with E-state index in [0.717, 1.165) is 11.4 Å². The van der Waals surface area contributed by atoms with Gasteiger partial charge in [-0.3, -0.25) is 9.48 Å². The molecule has 1 aromatic carbocycles. The number of amides is 1. The minimum atomic E-state index is -0.303. The fourth-order valence-corrected chi connectivity index (χ4v) is 2.09. The van der Waals surface area contributed by atoms with Gasteiger partial charge in [-0.1, -0.05) is 0 Å². The predicted molar refractivity (Wildman–Crippen MR) is 76.1 cm³/mol. The average molecular weight is 275 g/mol. The summed E-state index contributed by atoms with van der Waals surface area (Å²) in [5.74, 6) is -0.407. The Morgan fingerprint density at radius 1 is 1.30 bits per heavy atom. The number of aromatic nitrogens is 2. The van der Waals surface area contributed by atoms with Gasteiger partial charge in [0.05, 0.1) is 5.69 Å². The highest BCUT2D eigenvalue weighted by Crippen LogP contribution is 2.16. The highest BCUT2D eigenvalue weighted by atomic mass is 19.1. The van der Waals surface area contributed by atoms with E-state index >= 15 is 0 Å². The highest BCUT2D eigenvalue weighted by Gasteiger charge is 2.07. The quantitative estimate of drug-likeness (QED) is 0.932. The van der Waals surface area contributed by atoms with Crippen molar-refractivity contribution in [1.82, 2.24) is 9.78 Å². The largest absolute Gasteiger partial charge is 0.326 e. The molecule has 0 fully saturated rings. The molecule has 20 heavy (non-hydrogen) atoms. The first-order chi connectivity index (χ1) is 9.45. The number of carbonyl (C=O) groups is 1. The van der Waals surface area contributed by atoms with Crippen LogP contribution in [0.2, 0.25) is 0 Å². The first-order valence-corrected chi connectivity index (χ1v) is 6.53. The van der Waals surface area contributed by atoms with E-state index in [1.54, 1.807) is 13.0 Å². The lowest BCUT2D eigenvalue weighted by molar-refractivity contribution is -0.116. The summed E-state index contributed by atoms with van der Waals surface area (Å²) in [6.45, 7) is 6.18. The molecule has 2 aromatic rings. The van der Waals surface area contributed by atoms with Gasteiger partial charge in [0.1, 0.15) is 5.82 Å². The predicted octanol–water partition coefficient (Wildman–Crippen LogP) is 2.98. The van der Waals surface area contributed by atoms with Gasteiger partial charge in [0.15, 0.2) is 0 Å². The van der Waals surface area contributed by atoms with Crippen molar-refractivity contribution >= 4 is 11.6 Å². The Kier molecular flexibility index (Phi) is 4.17. The van der Waals surface area contributed by atoms with E-state index in [-0.39, 0.29) is 11.7 Å². The summed E-state index contributed by atoms with van der Waals surface area (Å²) < 4.78 is 14.8. The molecule has 1 heterocycles. The van der Waals surface area contributed by atoms with E-state index in [1.165, 1.54) is 12.1 Å². The number of benzene rings is 1. The number of halogens is 1. The van der Waals surface area contributed by atoms with Gasteiger partial charge in [-0.2, -0.15) is 5.10 Å². The number of aryl methyl sites for hydroxylation is 4. The molecule has 4 nitrogen and oxygen atoms in total. The van der Waals surface area contributed by atoms with Gasteiger partial charge >= 0.3 is 0 Å². The zero-order valence-corrected chi connectivity index (χ0v) is 11.9. The molecule has 106 valence electrons. The van der Waals surface area contributed by atoms with Crippen molar-refractivity contribution < 1.29 is 9.18 Å². The fraction of sp³-hybridized carbons (Fsp3) is 0.333. The number of nitrogens with zero attached hydrogens (tertiary/aromatic N) is 2. The number of hydrogen-bond donors (Lipinski definition) is 1. The number of hydrogen-bond acceptors (Lipinski definition) is 2. The summed E-state index contributed by atoms with van der Waals surface area (Å²) in [6.07, 6.45) is 0.332. The lowest BCUT2D eigenvalue weighted by Crippen LogP contribution is -2.16. The molecule has 2 rings (SSSR count). The summed E-state index contributed by atoms with van der Waals surface area (Å²) in [7, 11) is 0. The number of anilines is 1. The van der Waals surface area contributed by atoms with Gasteiger partial charge < -0.3 is 5.32 Å². The Morgan fingerprint density at radius 3 is 2.65 bits per heavy atom. The maximum absolute atomic E-state index is 13.0. The second-order valence-corrected chi connectivity index (χ2v) is 4.91. The molecule has 1 N–H and O–H groups in total. The SMILES string of the molecule is Cc1cc(C)n(CCC(=O)Nc2ccc(F)cc2C)n1. The first-order valence-electron chi connectivity index (χ1n) is 6.53. The summed E-state index contributed by atoms with van der Waals surface area (Å²) in [5, 5.41) is 7.09. The van der Waals surface area contributed by atoms with Crippen LogP contribution in [-0.4, -0.2) is 15.7 Å². The minimum absolute atomic E-state index is 0.104. The molecular formula is C15H18FN3O. The second kappa shape index (κ2) is 5.86. The lowest BCUT2D eigenvalue weighted by Gasteiger charge is -2.09. The summed E-state index contributed by atoms with van der Waals surface area (Å²) in [4.78, 5) is 11.9.